The summed E-state index contributed by atoms with van der Waals surface area (Å²) in [5.41, 5.74) is -0.669. The van der Waals surface area contributed by atoms with Crippen LogP contribution in [0.25, 0.3) is 0 Å². The molecule has 2 unspecified atom stereocenters. The van der Waals surface area contributed by atoms with Crippen molar-refractivity contribution in [3.63, 3.8) is 0 Å². The first-order valence-corrected chi connectivity index (χ1v) is 7.98. The zero-order valence-electron chi connectivity index (χ0n) is 13.9. The summed E-state index contributed by atoms with van der Waals surface area (Å²) in [6.45, 7) is 6.85. The van der Waals surface area contributed by atoms with E-state index in [2.05, 4.69) is 0 Å². The summed E-state index contributed by atoms with van der Waals surface area (Å²) in [4.78, 5) is 14.2. The van der Waals surface area contributed by atoms with Crippen molar-refractivity contribution in [3.05, 3.63) is 23.8 Å². The van der Waals surface area contributed by atoms with E-state index in [-0.39, 0.29) is 12.5 Å². The molecule has 1 heterocycles. The van der Waals surface area contributed by atoms with Gasteiger partial charge in [-0.25, -0.2) is 0 Å². The van der Waals surface area contributed by atoms with E-state index in [1.54, 1.807) is 30.0 Å². The Kier molecular flexibility index (Phi) is 5.49. The topological polar surface area (TPSA) is 79.2 Å². The summed E-state index contributed by atoms with van der Waals surface area (Å²) in [7, 11) is 0. The quantitative estimate of drug-likeness (QED) is 0.857. The Morgan fingerprint density at radius 3 is 2.57 bits per heavy atom. The molecule has 128 valence electrons. The molecule has 0 saturated carbocycles. The van der Waals surface area contributed by atoms with Crippen LogP contribution < -0.4 is 9.47 Å². The van der Waals surface area contributed by atoms with Crippen molar-refractivity contribution in [2.45, 2.75) is 38.9 Å². The van der Waals surface area contributed by atoms with Gasteiger partial charge in [0.05, 0.1) is 24.9 Å². The summed E-state index contributed by atoms with van der Waals surface area (Å²) in [6.07, 6.45) is -0.607. The number of aliphatic hydroxyl groups excluding tert-OH is 1. The van der Waals surface area contributed by atoms with Crippen molar-refractivity contribution < 1.29 is 24.5 Å². The van der Waals surface area contributed by atoms with Gasteiger partial charge in [0.15, 0.2) is 11.5 Å². The first-order chi connectivity index (χ1) is 10.9. The van der Waals surface area contributed by atoms with Gasteiger partial charge in [0.2, 0.25) is 0 Å². The predicted molar refractivity (Wildman–Crippen MR) is 85.9 cm³/mol. The number of benzene rings is 1. The normalized spacial score (nSPS) is 24.4. The van der Waals surface area contributed by atoms with Gasteiger partial charge >= 0.3 is 0 Å². The Labute approximate surface area is 136 Å². The van der Waals surface area contributed by atoms with Crippen molar-refractivity contribution in [1.29, 1.82) is 0 Å². The number of carbonyl (C=O) groups is 1. The second-order valence-corrected chi connectivity index (χ2v) is 5.90. The van der Waals surface area contributed by atoms with Gasteiger partial charge in [-0.2, -0.15) is 0 Å². The molecule has 1 aromatic carbocycles. The Morgan fingerprint density at radius 1 is 1.30 bits per heavy atom. The number of β-amino-alcohol motifs (C(OH)–C–C–N with tert-alkyl or cyclic N) is 1. The number of carbonyl (C=O) groups excluding carboxylic acids is 1. The molecule has 0 aromatic heterocycles. The third-order valence-corrected chi connectivity index (χ3v) is 4.08. The summed E-state index contributed by atoms with van der Waals surface area (Å²) in [5.74, 6) is 0.945. The van der Waals surface area contributed by atoms with E-state index in [4.69, 9.17) is 9.47 Å². The number of aliphatic hydroxyl groups is 2. The van der Waals surface area contributed by atoms with Crippen molar-refractivity contribution >= 4 is 5.91 Å². The minimum Gasteiger partial charge on any atom is -0.490 e. The average Bonchev–Trinajstić information content (AvgIpc) is 2.51. The van der Waals surface area contributed by atoms with E-state index < -0.39 is 11.7 Å². The lowest BCUT2D eigenvalue weighted by Gasteiger charge is -2.39. The molecule has 6 nitrogen and oxygen atoms in total. The largest absolute Gasteiger partial charge is 0.490 e. The highest BCUT2D eigenvalue weighted by Gasteiger charge is 2.38. The summed E-state index contributed by atoms with van der Waals surface area (Å²) < 4.78 is 11.0. The molecule has 1 aliphatic heterocycles. The summed E-state index contributed by atoms with van der Waals surface area (Å²) in [6, 6.07) is 5.07. The van der Waals surface area contributed by atoms with Crippen LogP contribution in [-0.4, -0.2) is 59.0 Å². The molecule has 0 spiro atoms. The maximum atomic E-state index is 12.6. The fourth-order valence-electron chi connectivity index (χ4n) is 2.58. The molecule has 2 atom stereocenters. The number of hydrogen-bond acceptors (Lipinski definition) is 5. The van der Waals surface area contributed by atoms with Gasteiger partial charge in [-0.15, -0.1) is 0 Å². The third-order valence-electron chi connectivity index (χ3n) is 4.08. The van der Waals surface area contributed by atoms with E-state index in [0.717, 1.165) is 0 Å². The summed E-state index contributed by atoms with van der Waals surface area (Å²) >= 11 is 0. The van der Waals surface area contributed by atoms with Crippen LogP contribution in [0.2, 0.25) is 0 Å². The fraction of sp³-hybridized carbons (Fsp3) is 0.588. The van der Waals surface area contributed by atoms with E-state index in [9.17, 15) is 15.0 Å². The zero-order valence-corrected chi connectivity index (χ0v) is 13.9. The monoisotopic (exact) mass is 323 g/mol. The second-order valence-electron chi connectivity index (χ2n) is 5.90. The molecule has 23 heavy (non-hydrogen) atoms. The molecular weight excluding hydrogens is 298 g/mol. The molecule has 6 heteroatoms. The molecule has 1 aromatic rings. The number of piperidine rings is 1. The third kappa shape index (κ3) is 3.95. The minimum atomic E-state index is -1.15. The average molecular weight is 323 g/mol. The first-order valence-electron chi connectivity index (χ1n) is 7.98. The Bertz CT molecular complexity index is 558. The van der Waals surface area contributed by atoms with Crippen LogP contribution in [0.3, 0.4) is 0 Å². The number of hydrogen-bond donors (Lipinski definition) is 2. The smallest absolute Gasteiger partial charge is 0.254 e. The van der Waals surface area contributed by atoms with Crippen LogP contribution in [0.5, 0.6) is 11.5 Å². The lowest BCUT2D eigenvalue weighted by molar-refractivity contribution is -0.0999. The highest BCUT2D eigenvalue weighted by atomic mass is 16.5. The predicted octanol–water partition coefficient (Wildman–Crippen LogP) is 1.44. The maximum Gasteiger partial charge on any atom is 0.254 e. The first kappa shape index (κ1) is 17.6. The van der Waals surface area contributed by atoms with Gasteiger partial charge < -0.3 is 24.6 Å². The van der Waals surface area contributed by atoms with Crippen LogP contribution in [0.1, 0.15) is 37.6 Å². The van der Waals surface area contributed by atoms with Crippen LogP contribution in [0.4, 0.5) is 0 Å². The zero-order chi connectivity index (χ0) is 17.0. The minimum absolute atomic E-state index is 0.114. The van der Waals surface area contributed by atoms with Gasteiger partial charge in [-0.3, -0.25) is 4.79 Å². The van der Waals surface area contributed by atoms with E-state index in [0.29, 0.717) is 43.2 Å². The van der Waals surface area contributed by atoms with E-state index >= 15 is 0 Å². The van der Waals surface area contributed by atoms with Gasteiger partial charge in [-0.05, 0) is 45.4 Å². The van der Waals surface area contributed by atoms with E-state index in [1.807, 2.05) is 13.8 Å². The van der Waals surface area contributed by atoms with Crippen LogP contribution in [0, 0.1) is 0 Å². The van der Waals surface area contributed by atoms with Gasteiger partial charge in [-0.1, -0.05) is 0 Å². The molecule has 2 rings (SSSR count). The standard InChI is InChI=1S/C17H25NO5/c1-4-22-13-7-6-12(10-14(13)23-5-2)16(20)18-9-8-17(3,21)15(19)11-18/h6-7,10,15,19,21H,4-5,8-9,11H2,1-3H3. The second kappa shape index (κ2) is 7.19. The van der Waals surface area contributed by atoms with Gasteiger partial charge in [0, 0.05) is 18.7 Å². The van der Waals surface area contributed by atoms with Gasteiger partial charge in [0.1, 0.15) is 0 Å². The van der Waals surface area contributed by atoms with Crippen molar-refractivity contribution in [2.75, 3.05) is 26.3 Å². The van der Waals surface area contributed by atoms with E-state index in [1.165, 1.54) is 0 Å². The highest BCUT2D eigenvalue weighted by Crippen LogP contribution is 2.30. The Balaban J connectivity index is 2.17. The number of rotatable bonds is 5. The molecule has 0 bridgehead atoms. The number of amides is 1. The van der Waals surface area contributed by atoms with Crippen LogP contribution in [0.15, 0.2) is 18.2 Å². The Hall–Kier alpha value is -1.79. The van der Waals surface area contributed by atoms with Crippen molar-refractivity contribution in [2.24, 2.45) is 0 Å². The molecule has 1 fully saturated rings. The van der Waals surface area contributed by atoms with Crippen molar-refractivity contribution in [3.8, 4) is 11.5 Å². The molecule has 0 radical (unpaired) electrons. The SMILES string of the molecule is CCOc1ccc(C(=O)N2CCC(C)(O)C(O)C2)cc1OCC. The number of nitrogens with zero attached hydrogens (tertiary/aromatic N) is 1. The molecule has 1 amide bonds. The molecule has 2 N–H and O–H groups in total. The Morgan fingerprint density at radius 2 is 1.96 bits per heavy atom. The lowest BCUT2D eigenvalue weighted by Crippen LogP contribution is -2.55. The maximum absolute atomic E-state index is 12.6. The molecular formula is C17H25NO5. The number of likely N-dealkylation sites (tertiary alicyclic amines) is 1. The lowest BCUT2D eigenvalue weighted by atomic mass is 9.90. The van der Waals surface area contributed by atoms with Gasteiger partial charge in [0.25, 0.3) is 5.91 Å². The fourth-order valence-corrected chi connectivity index (χ4v) is 2.58. The van der Waals surface area contributed by atoms with Crippen LogP contribution >= 0.6 is 0 Å². The molecule has 1 aliphatic rings. The molecule has 0 aliphatic carbocycles. The van der Waals surface area contributed by atoms with Crippen molar-refractivity contribution in [1.82, 2.24) is 4.90 Å². The molecule has 1 saturated heterocycles. The highest BCUT2D eigenvalue weighted by molar-refractivity contribution is 5.95. The summed E-state index contributed by atoms with van der Waals surface area (Å²) in [5, 5.41) is 20.0. The van der Waals surface area contributed by atoms with Crippen LogP contribution in [-0.2, 0) is 0 Å². The number of ether oxygens (including phenoxy) is 2.